The fraction of sp³-hybridized carbons (Fsp3) is 0.269. The molecule has 0 aliphatic heterocycles. The zero-order valence-corrected chi connectivity index (χ0v) is 20.4. The second kappa shape index (κ2) is 9.85. The van der Waals surface area contributed by atoms with Crippen molar-refractivity contribution < 1.29 is 13.9 Å². The third kappa shape index (κ3) is 5.56. The highest BCUT2D eigenvalue weighted by Crippen LogP contribution is 2.31. The van der Waals surface area contributed by atoms with Crippen LogP contribution in [0.3, 0.4) is 0 Å². The van der Waals surface area contributed by atoms with Crippen LogP contribution in [-0.2, 0) is 22.5 Å². The Kier molecular flexibility index (Phi) is 6.88. The van der Waals surface area contributed by atoms with Gasteiger partial charge in [-0.2, -0.15) is 16.9 Å². The summed E-state index contributed by atoms with van der Waals surface area (Å²) in [5.74, 6) is 1.03. The second-order valence-electron chi connectivity index (χ2n) is 9.02. The Hall–Kier alpha value is -3.39. The maximum atomic E-state index is 14.8. The van der Waals surface area contributed by atoms with Crippen LogP contribution in [0.15, 0.2) is 61.1 Å². The van der Waals surface area contributed by atoms with Crippen molar-refractivity contribution in [3.8, 4) is 11.5 Å². The first-order valence-electron chi connectivity index (χ1n) is 10.9. The SMILES string of the molecule is CSCc1ccc2nccc(Oc3ccc(CC(=O)Nc4cnn(C(C)(C)C)c4)c(F)c3)c2c1. The summed E-state index contributed by atoms with van der Waals surface area (Å²) in [6.45, 7) is 6.05. The van der Waals surface area contributed by atoms with E-state index in [-0.39, 0.29) is 23.4 Å². The fourth-order valence-corrected chi connectivity index (χ4v) is 4.02. The molecule has 6 nitrogen and oxygen atoms in total. The summed E-state index contributed by atoms with van der Waals surface area (Å²) in [7, 11) is 0. The number of aromatic nitrogens is 3. The van der Waals surface area contributed by atoms with Gasteiger partial charge in [0, 0.05) is 29.6 Å². The summed E-state index contributed by atoms with van der Waals surface area (Å²) in [5.41, 5.74) is 2.65. The molecule has 0 bridgehead atoms. The highest BCUT2D eigenvalue weighted by molar-refractivity contribution is 7.97. The van der Waals surface area contributed by atoms with Crippen LogP contribution in [-0.4, -0.2) is 26.9 Å². The monoisotopic (exact) mass is 478 g/mol. The van der Waals surface area contributed by atoms with Crippen LogP contribution in [0, 0.1) is 5.82 Å². The van der Waals surface area contributed by atoms with Gasteiger partial charge in [-0.05, 0) is 62.4 Å². The lowest BCUT2D eigenvalue weighted by Gasteiger charge is -2.18. The lowest BCUT2D eigenvalue weighted by molar-refractivity contribution is -0.115. The predicted molar refractivity (Wildman–Crippen MR) is 135 cm³/mol. The van der Waals surface area contributed by atoms with E-state index in [1.54, 1.807) is 53.2 Å². The van der Waals surface area contributed by atoms with Crippen LogP contribution in [0.5, 0.6) is 11.5 Å². The molecule has 0 saturated carbocycles. The van der Waals surface area contributed by atoms with Crippen LogP contribution >= 0.6 is 11.8 Å². The quantitative estimate of drug-likeness (QED) is 0.344. The van der Waals surface area contributed by atoms with Gasteiger partial charge in [0.2, 0.25) is 5.91 Å². The van der Waals surface area contributed by atoms with Crippen molar-refractivity contribution in [2.45, 2.75) is 38.5 Å². The third-order valence-electron chi connectivity index (χ3n) is 5.23. The predicted octanol–water partition coefficient (Wildman–Crippen LogP) is 6.16. The lowest BCUT2D eigenvalue weighted by atomic mass is 10.1. The van der Waals surface area contributed by atoms with Gasteiger partial charge in [0.1, 0.15) is 17.3 Å². The van der Waals surface area contributed by atoms with Gasteiger partial charge >= 0.3 is 0 Å². The molecular formula is C26H27FN4O2S. The Morgan fingerprint density at radius 2 is 2.00 bits per heavy atom. The van der Waals surface area contributed by atoms with E-state index in [1.807, 2.05) is 45.2 Å². The van der Waals surface area contributed by atoms with Crippen molar-refractivity contribution in [1.29, 1.82) is 0 Å². The van der Waals surface area contributed by atoms with Crippen molar-refractivity contribution in [2.24, 2.45) is 0 Å². The highest BCUT2D eigenvalue weighted by atomic mass is 32.2. The summed E-state index contributed by atoms with van der Waals surface area (Å²) in [6, 6.07) is 12.4. The van der Waals surface area contributed by atoms with Crippen molar-refractivity contribution >= 4 is 34.3 Å². The number of nitrogens with zero attached hydrogens (tertiary/aromatic N) is 3. The number of hydrogen-bond donors (Lipinski definition) is 1. The molecule has 2 aromatic heterocycles. The van der Waals surface area contributed by atoms with Crippen LogP contribution in [0.4, 0.5) is 10.1 Å². The molecule has 0 saturated heterocycles. The molecule has 0 fully saturated rings. The first-order chi connectivity index (χ1) is 16.2. The van der Waals surface area contributed by atoms with Crippen molar-refractivity contribution in [1.82, 2.24) is 14.8 Å². The number of carbonyl (C=O) groups is 1. The topological polar surface area (TPSA) is 69.0 Å². The smallest absolute Gasteiger partial charge is 0.228 e. The van der Waals surface area contributed by atoms with Gasteiger partial charge in [0.05, 0.1) is 29.4 Å². The fourth-order valence-electron chi connectivity index (χ4n) is 3.51. The standard InChI is InChI=1S/C26H27FN4O2S/c1-26(2,3)31-15-19(14-29-31)30-25(32)12-18-6-7-20(13-22(18)27)33-24-9-10-28-23-8-5-17(16-34-4)11-21(23)24/h5-11,13-15H,12,16H2,1-4H3,(H,30,32). The van der Waals surface area contributed by atoms with E-state index in [2.05, 4.69) is 15.4 Å². The van der Waals surface area contributed by atoms with Gasteiger partial charge in [0.15, 0.2) is 0 Å². The van der Waals surface area contributed by atoms with E-state index in [1.165, 1.54) is 11.6 Å². The number of benzene rings is 2. The minimum atomic E-state index is -0.500. The first-order valence-corrected chi connectivity index (χ1v) is 12.3. The maximum Gasteiger partial charge on any atom is 0.228 e. The number of anilines is 1. The summed E-state index contributed by atoms with van der Waals surface area (Å²) < 4.78 is 22.6. The van der Waals surface area contributed by atoms with Crippen LogP contribution in [0.1, 0.15) is 31.9 Å². The minimum Gasteiger partial charge on any atom is -0.456 e. The number of rotatable bonds is 7. The van der Waals surface area contributed by atoms with Crippen molar-refractivity contribution in [3.63, 3.8) is 0 Å². The number of thioether (sulfide) groups is 1. The van der Waals surface area contributed by atoms with Gasteiger partial charge in [-0.3, -0.25) is 14.5 Å². The number of hydrogen-bond acceptors (Lipinski definition) is 5. The molecule has 0 aliphatic carbocycles. The molecule has 2 heterocycles. The molecule has 0 aliphatic rings. The zero-order chi connectivity index (χ0) is 24.3. The van der Waals surface area contributed by atoms with Gasteiger partial charge in [0.25, 0.3) is 0 Å². The van der Waals surface area contributed by atoms with Gasteiger partial charge in [-0.1, -0.05) is 12.1 Å². The summed E-state index contributed by atoms with van der Waals surface area (Å²) >= 11 is 1.74. The average molecular weight is 479 g/mol. The van der Waals surface area contributed by atoms with E-state index in [4.69, 9.17) is 4.74 Å². The number of halogens is 1. The number of ether oxygens (including phenoxy) is 1. The van der Waals surface area contributed by atoms with E-state index in [0.29, 0.717) is 17.2 Å². The van der Waals surface area contributed by atoms with E-state index >= 15 is 0 Å². The van der Waals surface area contributed by atoms with Crippen LogP contribution in [0.2, 0.25) is 0 Å². The van der Waals surface area contributed by atoms with E-state index < -0.39 is 5.82 Å². The molecule has 4 rings (SSSR count). The number of pyridine rings is 1. The highest BCUT2D eigenvalue weighted by Gasteiger charge is 2.16. The normalized spacial score (nSPS) is 11.6. The summed E-state index contributed by atoms with van der Waals surface area (Å²) in [6.07, 6.45) is 6.97. The Bertz CT molecular complexity index is 1330. The molecule has 8 heteroatoms. The Morgan fingerprint density at radius 1 is 1.18 bits per heavy atom. The molecular weight excluding hydrogens is 451 g/mol. The zero-order valence-electron chi connectivity index (χ0n) is 19.6. The first kappa shape index (κ1) is 23.8. The van der Waals surface area contributed by atoms with Crippen LogP contribution in [0.25, 0.3) is 10.9 Å². The second-order valence-corrected chi connectivity index (χ2v) is 9.88. The van der Waals surface area contributed by atoms with Gasteiger partial charge < -0.3 is 10.1 Å². The van der Waals surface area contributed by atoms with E-state index in [9.17, 15) is 9.18 Å². The molecule has 34 heavy (non-hydrogen) atoms. The molecule has 0 atom stereocenters. The number of fused-ring (bicyclic) bond motifs is 1. The Balaban J connectivity index is 1.47. The van der Waals surface area contributed by atoms with Crippen molar-refractivity contribution in [2.75, 3.05) is 11.6 Å². The Labute approximate surface area is 202 Å². The van der Waals surface area contributed by atoms with E-state index in [0.717, 1.165) is 16.7 Å². The number of amides is 1. The maximum absolute atomic E-state index is 14.8. The summed E-state index contributed by atoms with van der Waals surface area (Å²) in [5, 5.41) is 7.90. The molecule has 0 unspecified atom stereocenters. The number of nitrogens with one attached hydrogen (secondary N) is 1. The minimum absolute atomic E-state index is 0.0942. The van der Waals surface area contributed by atoms with Gasteiger partial charge in [-0.25, -0.2) is 4.39 Å². The molecule has 4 aromatic rings. The largest absolute Gasteiger partial charge is 0.456 e. The molecule has 0 spiro atoms. The van der Waals surface area contributed by atoms with Crippen molar-refractivity contribution in [3.05, 3.63) is 78.0 Å². The molecule has 2 aromatic carbocycles. The average Bonchev–Trinajstić information content (AvgIpc) is 3.25. The molecule has 1 amide bonds. The summed E-state index contributed by atoms with van der Waals surface area (Å²) in [4.78, 5) is 16.8. The lowest BCUT2D eigenvalue weighted by Crippen LogP contribution is -2.22. The molecule has 0 radical (unpaired) electrons. The third-order valence-corrected chi connectivity index (χ3v) is 5.86. The molecule has 1 N–H and O–H groups in total. The molecule has 176 valence electrons. The Morgan fingerprint density at radius 3 is 2.71 bits per heavy atom. The number of carbonyl (C=O) groups excluding carboxylic acids is 1. The van der Waals surface area contributed by atoms with Gasteiger partial charge in [-0.15, -0.1) is 0 Å². The van der Waals surface area contributed by atoms with Crippen LogP contribution < -0.4 is 10.1 Å².